The van der Waals surface area contributed by atoms with Gasteiger partial charge < -0.3 is 10.1 Å². The van der Waals surface area contributed by atoms with Crippen molar-refractivity contribution in [3.8, 4) is 11.6 Å². The Hall–Kier alpha value is -3.15. The number of nitrogens with one attached hydrogen (secondary N) is 1. The van der Waals surface area contributed by atoms with Gasteiger partial charge in [0, 0.05) is 18.5 Å². The molecule has 0 spiro atoms. The molecular formula is C19H20N4O2. The van der Waals surface area contributed by atoms with Crippen LogP contribution in [0.2, 0.25) is 0 Å². The lowest BCUT2D eigenvalue weighted by molar-refractivity contribution is 0.0934. The van der Waals surface area contributed by atoms with Gasteiger partial charge in [-0.3, -0.25) is 9.78 Å². The number of nitrogens with zero attached hydrogens (tertiary/aromatic N) is 3. The minimum Gasteiger partial charge on any atom is -0.478 e. The standard InChI is InChI=1S/C19H20N4O2/c1-3-25-18-13-17(22-23(18)16-7-5-4-6-8-16)19(24)21-14(2)15-9-11-20-12-10-15/h4-14H,3H2,1-2H3,(H,21,24). The van der Waals surface area contributed by atoms with Crippen molar-refractivity contribution in [3.05, 3.63) is 72.2 Å². The third kappa shape index (κ3) is 3.85. The molecule has 2 aromatic heterocycles. The van der Waals surface area contributed by atoms with Crippen LogP contribution in [-0.4, -0.2) is 27.3 Å². The number of carbonyl (C=O) groups is 1. The lowest BCUT2D eigenvalue weighted by Crippen LogP contribution is -2.27. The Balaban J connectivity index is 1.83. The summed E-state index contributed by atoms with van der Waals surface area (Å²) < 4.78 is 7.26. The van der Waals surface area contributed by atoms with Crippen molar-refractivity contribution < 1.29 is 9.53 Å². The summed E-state index contributed by atoms with van der Waals surface area (Å²) in [4.78, 5) is 16.6. The maximum absolute atomic E-state index is 12.6. The lowest BCUT2D eigenvalue weighted by atomic mass is 10.1. The molecule has 1 aromatic carbocycles. The first-order valence-electron chi connectivity index (χ1n) is 8.18. The molecule has 0 saturated carbocycles. The number of rotatable bonds is 6. The number of amides is 1. The van der Waals surface area contributed by atoms with E-state index in [4.69, 9.17) is 4.74 Å². The van der Waals surface area contributed by atoms with Gasteiger partial charge in [-0.1, -0.05) is 18.2 Å². The van der Waals surface area contributed by atoms with E-state index in [1.807, 2.05) is 56.3 Å². The van der Waals surface area contributed by atoms with Gasteiger partial charge in [-0.2, -0.15) is 5.10 Å². The molecule has 6 heteroatoms. The number of para-hydroxylation sites is 1. The first kappa shape index (κ1) is 16.7. The highest BCUT2D eigenvalue weighted by Gasteiger charge is 2.18. The number of pyridine rings is 1. The smallest absolute Gasteiger partial charge is 0.272 e. The van der Waals surface area contributed by atoms with Gasteiger partial charge in [-0.15, -0.1) is 0 Å². The van der Waals surface area contributed by atoms with Crippen molar-refractivity contribution in [3.63, 3.8) is 0 Å². The zero-order valence-corrected chi connectivity index (χ0v) is 14.2. The average molecular weight is 336 g/mol. The van der Waals surface area contributed by atoms with Crippen LogP contribution in [0.5, 0.6) is 5.88 Å². The van der Waals surface area contributed by atoms with Crippen molar-refractivity contribution >= 4 is 5.91 Å². The molecule has 25 heavy (non-hydrogen) atoms. The molecule has 3 aromatic rings. The van der Waals surface area contributed by atoms with Gasteiger partial charge in [0.15, 0.2) is 5.69 Å². The van der Waals surface area contributed by atoms with Crippen LogP contribution >= 0.6 is 0 Å². The fraction of sp³-hybridized carbons (Fsp3) is 0.211. The fourth-order valence-corrected chi connectivity index (χ4v) is 2.49. The van der Waals surface area contributed by atoms with Crippen molar-refractivity contribution in [2.45, 2.75) is 19.9 Å². The Morgan fingerprint density at radius 2 is 1.92 bits per heavy atom. The van der Waals surface area contributed by atoms with Gasteiger partial charge >= 0.3 is 0 Å². The number of hydrogen-bond acceptors (Lipinski definition) is 4. The van der Waals surface area contributed by atoms with E-state index in [0.717, 1.165) is 11.3 Å². The SMILES string of the molecule is CCOc1cc(C(=O)NC(C)c2ccncc2)nn1-c1ccccc1. The van der Waals surface area contributed by atoms with Crippen LogP contribution in [0.3, 0.4) is 0 Å². The van der Waals surface area contributed by atoms with E-state index < -0.39 is 0 Å². The number of benzene rings is 1. The van der Waals surface area contributed by atoms with Gasteiger partial charge in [0.2, 0.25) is 5.88 Å². The van der Waals surface area contributed by atoms with Crippen molar-refractivity contribution in [1.29, 1.82) is 0 Å². The molecule has 0 aliphatic carbocycles. The molecule has 3 rings (SSSR count). The van der Waals surface area contributed by atoms with E-state index in [2.05, 4.69) is 15.4 Å². The second kappa shape index (κ2) is 7.61. The van der Waals surface area contributed by atoms with E-state index in [9.17, 15) is 4.79 Å². The van der Waals surface area contributed by atoms with E-state index in [-0.39, 0.29) is 11.9 Å². The Bertz CT molecular complexity index is 831. The highest BCUT2D eigenvalue weighted by atomic mass is 16.5. The first-order chi connectivity index (χ1) is 12.2. The summed E-state index contributed by atoms with van der Waals surface area (Å²) >= 11 is 0. The Kier molecular flexibility index (Phi) is 5.09. The highest BCUT2D eigenvalue weighted by molar-refractivity contribution is 5.93. The number of ether oxygens (including phenoxy) is 1. The molecule has 0 radical (unpaired) electrons. The first-order valence-corrected chi connectivity index (χ1v) is 8.18. The zero-order valence-electron chi connectivity index (χ0n) is 14.2. The molecule has 1 amide bonds. The van der Waals surface area contributed by atoms with Crippen LogP contribution in [0, 0.1) is 0 Å². The lowest BCUT2D eigenvalue weighted by Gasteiger charge is -2.12. The minimum absolute atomic E-state index is 0.145. The monoisotopic (exact) mass is 336 g/mol. The van der Waals surface area contributed by atoms with E-state index in [1.165, 1.54) is 0 Å². The summed E-state index contributed by atoms with van der Waals surface area (Å²) in [6.45, 7) is 4.31. The largest absolute Gasteiger partial charge is 0.478 e. The topological polar surface area (TPSA) is 69.0 Å². The predicted molar refractivity (Wildman–Crippen MR) is 94.9 cm³/mol. The summed E-state index contributed by atoms with van der Waals surface area (Å²) in [5.74, 6) is 0.287. The molecule has 1 N–H and O–H groups in total. The van der Waals surface area contributed by atoms with Crippen molar-refractivity contribution in [1.82, 2.24) is 20.1 Å². The van der Waals surface area contributed by atoms with E-state index in [1.54, 1.807) is 23.1 Å². The van der Waals surface area contributed by atoms with Crippen molar-refractivity contribution in [2.24, 2.45) is 0 Å². The fourth-order valence-electron chi connectivity index (χ4n) is 2.49. The highest BCUT2D eigenvalue weighted by Crippen LogP contribution is 2.20. The Morgan fingerprint density at radius 1 is 1.20 bits per heavy atom. The van der Waals surface area contributed by atoms with Gasteiger partial charge in [-0.25, -0.2) is 4.68 Å². The summed E-state index contributed by atoms with van der Waals surface area (Å²) in [5, 5.41) is 7.36. The number of aromatic nitrogens is 3. The predicted octanol–water partition coefficient (Wildman–Crippen LogP) is 3.16. The molecule has 0 bridgehead atoms. The van der Waals surface area contributed by atoms with Gasteiger partial charge in [-0.05, 0) is 43.7 Å². The summed E-state index contributed by atoms with van der Waals surface area (Å²) in [6, 6.07) is 14.8. The third-order valence-corrected chi connectivity index (χ3v) is 3.76. The summed E-state index contributed by atoms with van der Waals surface area (Å²) in [6.07, 6.45) is 3.41. The molecule has 0 saturated heterocycles. The van der Waals surface area contributed by atoms with Gasteiger partial charge in [0.25, 0.3) is 5.91 Å². The number of hydrogen-bond donors (Lipinski definition) is 1. The summed E-state index contributed by atoms with van der Waals surface area (Å²) in [5.41, 5.74) is 2.14. The molecular weight excluding hydrogens is 316 g/mol. The number of carbonyl (C=O) groups excluding carboxylic acids is 1. The van der Waals surface area contributed by atoms with Crippen LogP contribution in [0.15, 0.2) is 60.9 Å². The molecule has 1 unspecified atom stereocenters. The molecule has 6 nitrogen and oxygen atoms in total. The third-order valence-electron chi connectivity index (χ3n) is 3.76. The van der Waals surface area contributed by atoms with E-state index in [0.29, 0.717) is 18.2 Å². The second-order valence-corrected chi connectivity index (χ2v) is 5.52. The molecule has 0 aliphatic rings. The maximum atomic E-state index is 12.6. The molecule has 0 fully saturated rings. The van der Waals surface area contributed by atoms with E-state index >= 15 is 0 Å². The quantitative estimate of drug-likeness (QED) is 0.751. The van der Waals surface area contributed by atoms with Crippen LogP contribution in [0.25, 0.3) is 5.69 Å². The molecule has 0 aliphatic heterocycles. The average Bonchev–Trinajstić information content (AvgIpc) is 3.07. The molecule has 128 valence electrons. The summed E-state index contributed by atoms with van der Waals surface area (Å²) in [7, 11) is 0. The van der Waals surface area contributed by atoms with Crippen LogP contribution in [0.4, 0.5) is 0 Å². The Morgan fingerprint density at radius 3 is 2.60 bits per heavy atom. The van der Waals surface area contributed by atoms with Crippen LogP contribution in [-0.2, 0) is 0 Å². The minimum atomic E-state index is -0.250. The maximum Gasteiger partial charge on any atom is 0.272 e. The molecule has 2 heterocycles. The van der Waals surface area contributed by atoms with Gasteiger partial charge in [0.05, 0.1) is 18.3 Å². The van der Waals surface area contributed by atoms with Gasteiger partial charge in [0.1, 0.15) is 0 Å². The van der Waals surface area contributed by atoms with Crippen molar-refractivity contribution in [2.75, 3.05) is 6.61 Å². The molecule has 1 atom stereocenters. The van der Waals surface area contributed by atoms with Crippen LogP contribution in [0.1, 0.15) is 35.9 Å². The van der Waals surface area contributed by atoms with Crippen LogP contribution < -0.4 is 10.1 Å². The second-order valence-electron chi connectivity index (χ2n) is 5.52. The Labute approximate surface area is 146 Å². The zero-order chi connectivity index (χ0) is 17.6. The normalized spacial score (nSPS) is 11.8.